The van der Waals surface area contributed by atoms with Crippen LogP contribution in [0.2, 0.25) is 0 Å². The van der Waals surface area contributed by atoms with Crippen LogP contribution in [0.3, 0.4) is 0 Å². The number of methoxy groups -OCH3 is 2. The Labute approximate surface area is 159 Å². The van der Waals surface area contributed by atoms with Crippen LogP contribution in [0.25, 0.3) is 0 Å². The number of anilines is 1. The van der Waals surface area contributed by atoms with Crippen LogP contribution in [-0.2, 0) is 9.53 Å². The molecule has 142 valence electrons. The quantitative estimate of drug-likeness (QED) is 0.799. The first-order valence-electron chi connectivity index (χ1n) is 8.80. The zero-order valence-electron chi connectivity index (χ0n) is 15.2. The van der Waals surface area contributed by atoms with Crippen LogP contribution in [-0.4, -0.2) is 73.9 Å². The molecule has 0 aromatic heterocycles. The fourth-order valence-corrected chi connectivity index (χ4v) is 3.49. The van der Waals surface area contributed by atoms with Gasteiger partial charge in [0.2, 0.25) is 0 Å². The van der Waals surface area contributed by atoms with Gasteiger partial charge < -0.3 is 29.3 Å². The normalized spacial score (nSPS) is 20.0. The Bertz CT molecular complexity index is 656. The number of carbonyl (C=O) groups is 1. The molecule has 26 heavy (non-hydrogen) atoms. The number of hydrogen-bond donors (Lipinski definition) is 1. The number of ether oxygens (including phenoxy) is 3. The number of thiocarbonyl (C=S) groups is 1. The number of hydrogen-bond acceptors (Lipinski definition) is 5. The molecule has 0 radical (unpaired) electrons. The van der Waals surface area contributed by atoms with E-state index in [2.05, 4.69) is 10.2 Å². The zero-order chi connectivity index (χ0) is 18.5. The number of carbonyl (C=O) groups excluding carboxylic acids is 1. The predicted molar refractivity (Wildman–Crippen MR) is 103 cm³/mol. The van der Waals surface area contributed by atoms with Gasteiger partial charge >= 0.3 is 0 Å². The lowest BCUT2D eigenvalue weighted by Gasteiger charge is -2.37. The fraction of sp³-hybridized carbons (Fsp3) is 0.556. The summed E-state index contributed by atoms with van der Waals surface area (Å²) in [4.78, 5) is 16.4. The molecule has 7 nitrogen and oxygen atoms in total. The molecule has 2 aliphatic rings. The number of benzene rings is 1. The maximum atomic E-state index is 12.4. The van der Waals surface area contributed by atoms with Gasteiger partial charge in [0.25, 0.3) is 5.91 Å². The summed E-state index contributed by atoms with van der Waals surface area (Å²) in [5.41, 5.74) is 0.788. The average Bonchev–Trinajstić information content (AvgIpc) is 3.22. The van der Waals surface area contributed by atoms with E-state index in [4.69, 9.17) is 26.4 Å². The summed E-state index contributed by atoms with van der Waals surface area (Å²) in [5.74, 6) is 1.50. The molecule has 0 aliphatic carbocycles. The molecular weight excluding hydrogens is 354 g/mol. The molecule has 1 aromatic carbocycles. The third kappa shape index (κ3) is 4.19. The van der Waals surface area contributed by atoms with Crippen molar-refractivity contribution in [2.45, 2.75) is 18.9 Å². The molecule has 8 heteroatoms. The molecule has 3 rings (SSSR count). The van der Waals surface area contributed by atoms with Crippen LogP contribution in [0.1, 0.15) is 12.8 Å². The molecule has 1 N–H and O–H groups in total. The standard InChI is InChI=1S/C18H25N3O4S/c1-23-13-5-6-14(16(12-13)24-2)19-18(26)21-9-7-20(8-10-21)17(22)15-4-3-11-25-15/h5-6,12,15H,3-4,7-11H2,1-2H3,(H,19,26)/t15-/m1/s1. The van der Waals surface area contributed by atoms with E-state index in [1.165, 1.54) is 0 Å². The summed E-state index contributed by atoms with van der Waals surface area (Å²) in [6.07, 6.45) is 1.54. The minimum absolute atomic E-state index is 0.109. The van der Waals surface area contributed by atoms with Crippen LogP contribution in [0.15, 0.2) is 18.2 Å². The lowest BCUT2D eigenvalue weighted by atomic mass is 10.2. The van der Waals surface area contributed by atoms with Crippen molar-refractivity contribution in [3.05, 3.63) is 18.2 Å². The van der Waals surface area contributed by atoms with Crippen LogP contribution in [0.5, 0.6) is 11.5 Å². The summed E-state index contributed by atoms with van der Waals surface area (Å²) in [5, 5.41) is 3.85. The number of piperazine rings is 1. The number of amides is 1. The Morgan fingerprint density at radius 3 is 2.54 bits per heavy atom. The second-order valence-electron chi connectivity index (χ2n) is 6.31. The molecule has 1 aromatic rings. The lowest BCUT2D eigenvalue weighted by Crippen LogP contribution is -2.53. The second-order valence-corrected chi connectivity index (χ2v) is 6.70. The van der Waals surface area contributed by atoms with Gasteiger partial charge in [-0.15, -0.1) is 0 Å². The van der Waals surface area contributed by atoms with Crippen molar-refractivity contribution in [3.8, 4) is 11.5 Å². The maximum absolute atomic E-state index is 12.4. The third-order valence-corrected chi connectivity index (χ3v) is 5.09. The van der Waals surface area contributed by atoms with Gasteiger partial charge in [0.15, 0.2) is 5.11 Å². The average molecular weight is 379 g/mol. The van der Waals surface area contributed by atoms with E-state index in [0.29, 0.717) is 43.6 Å². The topological polar surface area (TPSA) is 63.3 Å². The first kappa shape index (κ1) is 18.7. The second kappa shape index (κ2) is 8.55. The highest BCUT2D eigenvalue weighted by Crippen LogP contribution is 2.29. The van der Waals surface area contributed by atoms with Gasteiger partial charge in [-0.3, -0.25) is 4.79 Å². The van der Waals surface area contributed by atoms with Crippen LogP contribution in [0.4, 0.5) is 5.69 Å². The van der Waals surface area contributed by atoms with Crippen LogP contribution >= 0.6 is 12.2 Å². The molecule has 2 saturated heterocycles. The number of nitrogens with one attached hydrogen (secondary N) is 1. The first-order valence-corrected chi connectivity index (χ1v) is 9.21. The molecule has 2 fully saturated rings. The largest absolute Gasteiger partial charge is 0.497 e. The molecule has 1 amide bonds. The summed E-state index contributed by atoms with van der Waals surface area (Å²) < 4.78 is 16.1. The Balaban J connectivity index is 1.54. The lowest BCUT2D eigenvalue weighted by molar-refractivity contribution is -0.142. The van der Waals surface area contributed by atoms with Crippen LogP contribution < -0.4 is 14.8 Å². The Morgan fingerprint density at radius 2 is 1.92 bits per heavy atom. The van der Waals surface area contributed by atoms with Crippen molar-refractivity contribution in [3.63, 3.8) is 0 Å². The van der Waals surface area contributed by atoms with Gasteiger partial charge in [-0.25, -0.2) is 0 Å². The van der Waals surface area contributed by atoms with Gasteiger partial charge in [0.1, 0.15) is 17.6 Å². The highest BCUT2D eigenvalue weighted by Gasteiger charge is 2.30. The van der Waals surface area contributed by atoms with Crippen molar-refractivity contribution in [2.75, 3.05) is 52.3 Å². The minimum Gasteiger partial charge on any atom is -0.497 e. The van der Waals surface area contributed by atoms with E-state index in [0.717, 1.165) is 24.3 Å². The number of nitrogens with zero attached hydrogens (tertiary/aromatic N) is 2. The van der Waals surface area contributed by atoms with Gasteiger partial charge in [0, 0.05) is 38.9 Å². The van der Waals surface area contributed by atoms with Gasteiger partial charge in [-0.05, 0) is 37.2 Å². The van der Waals surface area contributed by atoms with E-state index in [-0.39, 0.29) is 12.0 Å². The summed E-state index contributed by atoms with van der Waals surface area (Å²) >= 11 is 5.54. The molecule has 0 saturated carbocycles. The number of rotatable bonds is 4. The monoisotopic (exact) mass is 379 g/mol. The smallest absolute Gasteiger partial charge is 0.251 e. The van der Waals surface area contributed by atoms with Gasteiger partial charge in [0.05, 0.1) is 19.9 Å². The van der Waals surface area contributed by atoms with Crippen molar-refractivity contribution in [2.24, 2.45) is 0 Å². The van der Waals surface area contributed by atoms with E-state index in [1.807, 2.05) is 23.1 Å². The maximum Gasteiger partial charge on any atom is 0.251 e. The molecule has 0 spiro atoms. The third-order valence-electron chi connectivity index (χ3n) is 4.73. The Morgan fingerprint density at radius 1 is 1.19 bits per heavy atom. The summed E-state index contributed by atoms with van der Waals surface area (Å²) in [6.45, 7) is 3.39. The summed E-state index contributed by atoms with van der Waals surface area (Å²) in [7, 11) is 3.22. The minimum atomic E-state index is -0.254. The van der Waals surface area contributed by atoms with Crippen molar-refractivity contribution in [1.29, 1.82) is 0 Å². The summed E-state index contributed by atoms with van der Waals surface area (Å²) in [6, 6.07) is 5.54. The van der Waals surface area contributed by atoms with E-state index in [9.17, 15) is 4.79 Å². The Kier molecular flexibility index (Phi) is 6.16. The van der Waals surface area contributed by atoms with Crippen LogP contribution in [0, 0.1) is 0 Å². The molecule has 0 unspecified atom stereocenters. The highest BCUT2D eigenvalue weighted by atomic mass is 32.1. The van der Waals surface area contributed by atoms with E-state index < -0.39 is 0 Å². The first-order chi connectivity index (χ1) is 12.6. The van der Waals surface area contributed by atoms with E-state index >= 15 is 0 Å². The van der Waals surface area contributed by atoms with Gasteiger partial charge in [-0.1, -0.05) is 0 Å². The molecular formula is C18H25N3O4S. The van der Waals surface area contributed by atoms with Crippen molar-refractivity contribution >= 4 is 28.9 Å². The van der Waals surface area contributed by atoms with Crippen molar-refractivity contribution < 1.29 is 19.0 Å². The Hall–Kier alpha value is -2.06. The molecule has 0 bridgehead atoms. The SMILES string of the molecule is COc1ccc(NC(=S)N2CCN(C(=O)[C@H]3CCCO3)CC2)c(OC)c1. The van der Waals surface area contributed by atoms with E-state index in [1.54, 1.807) is 14.2 Å². The zero-order valence-corrected chi connectivity index (χ0v) is 16.0. The predicted octanol–water partition coefficient (Wildman–Crippen LogP) is 1.72. The van der Waals surface area contributed by atoms with Crippen molar-refractivity contribution in [1.82, 2.24) is 9.80 Å². The molecule has 2 heterocycles. The fourth-order valence-electron chi connectivity index (χ4n) is 3.20. The molecule has 2 aliphatic heterocycles. The van der Waals surface area contributed by atoms with Gasteiger partial charge in [-0.2, -0.15) is 0 Å². The highest BCUT2D eigenvalue weighted by molar-refractivity contribution is 7.80. The molecule has 1 atom stereocenters.